The molecule has 1 aliphatic carbocycles. The summed E-state index contributed by atoms with van der Waals surface area (Å²) in [6, 6.07) is 5.83. The molecule has 1 saturated carbocycles. The van der Waals surface area contributed by atoms with Crippen LogP contribution in [0.2, 0.25) is 0 Å². The number of ether oxygens (including phenoxy) is 1. The fraction of sp³-hybridized carbons (Fsp3) is 0.647. The summed E-state index contributed by atoms with van der Waals surface area (Å²) in [6.07, 6.45) is -3.16. The number of nitrogens with zero attached hydrogens (tertiary/aromatic N) is 1. The lowest BCUT2D eigenvalue weighted by Crippen LogP contribution is -2.47. The van der Waals surface area contributed by atoms with Crippen molar-refractivity contribution in [2.24, 2.45) is 0 Å². The fourth-order valence-electron chi connectivity index (χ4n) is 3.17. The topological polar surface area (TPSA) is 44.7 Å². The van der Waals surface area contributed by atoms with Crippen molar-refractivity contribution >= 4 is 0 Å². The number of hydrogen-bond donors (Lipinski definition) is 2. The zero-order valence-corrected chi connectivity index (χ0v) is 13.4. The van der Waals surface area contributed by atoms with E-state index in [4.69, 9.17) is 4.74 Å². The van der Waals surface area contributed by atoms with Crippen LogP contribution in [0.5, 0.6) is 0 Å². The number of nitrogens with one attached hydrogen (secondary N) is 1. The van der Waals surface area contributed by atoms with E-state index in [-0.39, 0.29) is 18.2 Å². The molecule has 0 bridgehead atoms. The number of aliphatic hydroxyl groups excluding tert-OH is 1. The van der Waals surface area contributed by atoms with Crippen LogP contribution in [-0.2, 0) is 10.9 Å². The molecule has 1 aliphatic heterocycles. The number of morpholine rings is 1. The highest BCUT2D eigenvalue weighted by Gasteiger charge is 2.35. The average Bonchev–Trinajstić information content (AvgIpc) is 3.39. The van der Waals surface area contributed by atoms with Gasteiger partial charge in [0.05, 0.1) is 24.4 Å². The van der Waals surface area contributed by atoms with E-state index in [2.05, 4.69) is 10.2 Å². The second kappa shape index (κ2) is 7.39. The molecule has 0 radical (unpaired) electrons. The Morgan fingerprint density at radius 3 is 2.75 bits per heavy atom. The molecule has 4 nitrogen and oxygen atoms in total. The number of rotatable bonds is 6. The number of benzene rings is 1. The smallest absolute Gasteiger partial charge is 0.387 e. The lowest BCUT2D eigenvalue weighted by Gasteiger charge is -2.33. The van der Waals surface area contributed by atoms with E-state index in [0.717, 1.165) is 19.2 Å². The molecule has 2 fully saturated rings. The van der Waals surface area contributed by atoms with Gasteiger partial charge in [-0.15, -0.1) is 0 Å². The lowest BCUT2D eigenvalue weighted by molar-refractivity contribution is -0.139. The van der Waals surface area contributed by atoms with E-state index in [1.165, 1.54) is 31.0 Å². The Labute approximate surface area is 139 Å². The first-order valence-corrected chi connectivity index (χ1v) is 8.35. The van der Waals surface area contributed by atoms with Crippen LogP contribution in [0.25, 0.3) is 0 Å². The fourth-order valence-corrected chi connectivity index (χ4v) is 3.17. The van der Waals surface area contributed by atoms with E-state index in [1.807, 2.05) is 0 Å². The molecule has 0 aromatic heterocycles. The molecule has 2 N–H and O–H groups in total. The SMILES string of the molecule is O[C@@H](CNC[C@@H]1CN(C2CC2)CCO1)c1ccccc1C(F)(F)F. The zero-order valence-electron chi connectivity index (χ0n) is 13.4. The van der Waals surface area contributed by atoms with Crippen LogP contribution in [0, 0.1) is 0 Å². The summed E-state index contributed by atoms with van der Waals surface area (Å²) >= 11 is 0. The van der Waals surface area contributed by atoms with Gasteiger partial charge in [0.25, 0.3) is 0 Å². The van der Waals surface area contributed by atoms with Gasteiger partial charge in [-0.1, -0.05) is 18.2 Å². The Hall–Kier alpha value is -1.15. The lowest BCUT2D eigenvalue weighted by atomic mass is 10.0. The molecular formula is C17H23F3N2O2. The molecule has 1 aromatic rings. The maximum absolute atomic E-state index is 13.0. The first-order valence-electron chi connectivity index (χ1n) is 8.35. The Kier molecular flexibility index (Phi) is 5.44. The first-order chi connectivity index (χ1) is 11.4. The van der Waals surface area contributed by atoms with Crippen molar-refractivity contribution in [3.05, 3.63) is 35.4 Å². The van der Waals surface area contributed by atoms with Gasteiger partial charge < -0.3 is 15.2 Å². The average molecular weight is 344 g/mol. The van der Waals surface area contributed by atoms with Gasteiger partial charge in [-0.2, -0.15) is 13.2 Å². The van der Waals surface area contributed by atoms with Crippen LogP contribution in [0.3, 0.4) is 0 Å². The van der Waals surface area contributed by atoms with Crippen LogP contribution in [-0.4, -0.2) is 54.9 Å². The van der Waals surface area contributed by atoms with Crippen molar-refractivity contribution in [2.75, 3.05) is 32.8 Å². The molecule has 0 unspecified atom stereocenters. The highest BCUT2D eigenvalue weighted by Crippen LogP contribution is 2.34. The van der Waals surface area contributed by atoms with Crippen molar-refractivity contribution in [2.45, 2.75) is 37.3 Å². The van der Waals surface area contributed by atoms with E-state index < -0.39 is 17.8 Å². The van der Waals surface area contributed by atoms with E-state index in [9.17, 15) is 18.3 Å². The third kappa shape index (κ3) is 4.47. The van der Waals surface area contributed by atoms with Crippen LogP contribution in [0.15, 0.2) is 24.3 Å². The number of hydrogen-bond acceptors (Lipinski definition) is 4. The predicted octanol–water partition coefficient (Wildman–Crippen LogP) is 2.19. The van der Waals surface area contributed by atoms with Gasteiger partial charge >= 0.3 is 6.18 Å². The summed E-state index contributed by atoms with van der Waals surface area (Å²) in [6.45, 7) is 3.06. The molecule has 134 valence electrons. The van der Waals surface area contributed by atoms with Crippen LogP contribution in [0.4, 0.5) is 13.2 Å². The van der Waals surface area contributed by atoms with E-state index in [1.54, 1.807) is 0 Å². The van der Waals surface area contributed by atoms with Gasteiger partial charge in [0, 0.05) is 32.2 Å². The number of halogens is 3. The molecule has 2 atom stereocenters. The molecular weight excluding hydrogens is 321 g/mol. The normalized spacial score (nSPS) is 24.1. The van der Waals surface area contributed by atoms with Gasteiger partial charge in [0.2, 0.25) is 0 Å². The van der Waals surface area contributed by atoms with Crippen molar-refractivity contribution in [1.82, 2.24) is 10.2 Å². The molecule has 1 heterocycles. The predicted molar refractivity (Wildman–Crippen MR) is 83.6 cm³/mol. The molecule has 2 aliphatic rings. The third-order valence-corrected chi connectivity index (χ3v) is 4.57. The van der Waals surface area contributed by atoms with Gasteiger partial charge in [-0.3, -0.25) is 4.90 Å². The summed E-state index contributed by atoms with van der Waals surface area (Å²) in [5.74, 6) is 0. The quantitative estimate of drug-likeness (QED) is 0.830. The minimum absolute atomic E-state index is 0.0180. The molecule has 0 amide bonds. The summed E-state index contributed by atoms with van der Waals surface area (Å²) < 4.78 is 44.7. The van der Waals surface area contributed by atoms with Gasteiger partial charge in [-0.05, 0) is 24.5 Å². The van der Waals surface area contributed by atoms with Crippen molar-refractivity contribution < 1.29 is 23.0 Å². The van der Waals surface area contributed by atoms with Crippen molar-refractivity contribution in [3.63, 3.8) is 0 Å². The maximum Gasteiger partial charge on any atom is 0.416 e. The van der Waals surface area contributed by atoms with Crippen LogP contribution in [0.1, 0.15) is 30.1 Å². The third-order valence-electron chi connectivity index (χ3n) is 4.57. The number of aliphatic hydroxyl groups is 1. The second-order valence-corrected chi connectivity index (χ2v) is 6.48. The molecule has 7 heteroatoms. The Morgan fingerprint density at radius 1 is 1.29 bits per heavy atom. The summed E-state index contributed by atoms with van der Waals surface area (Å²) in [4.78, 5) is 2.41. The van der Waals surface area contributed by atoms with E-state index >= 15 is 0 Å². The molecule has 3 rings (SSSR count). The van der Waals surface area contributed by atoms with Crippen LogP contribution >= 0.6 is 0 Å². The summed E-state index contributed by atoms with van der Waals surface area (Å²) in [7, 11) is 0. The monoisotopic (exact) mass is 344 g/mol. The van der Waals surface area contributed by atoms with Gasteiger partial charge in [0.1, 0.15) is 0 Å². The van der Waals surface area contributed by atoms with Crippen molar-refractivity contribution in [3.8, 4) is 0 Å². The molecule has 24 heavy (non-hydrogen) atoms. The number of alkyl halides is 3. The first kappa shape index (κ1) is 17.7. The van der Waals surface area contributed by atoms with Gasteiger partial charge in [0.15, 0.2) is 0 Å². The molecule has 1 saturated heterocycles. The highest BCUT2D eigenvalue weighted by molar-refractivity contribution is 5.31. The second-order valence-electron chi connectivity index (χ2n) is 6.48. The minimum atomic E-state index is -4.46. The largest absolute Gasteiger partial charge is 0.416 e. The van der Waals surface area contributed by atoms with Crippen molar-refractivity contribution in [1.29, 1.82) is 0 Å². The Balaban J connectivity index is 1.50. The van der Waals surface area contributed by atoms with Gasteiger partial charge in [-0.25, -0.2) is 0 Å². The molecule has 0 spiro atoms. The Morgan fingerprint density at radius 2 is 2.04 bits per heavy atom. The molecule has 1 aromatic carbocycles. The summed E-state index contributed by atoms with van der Waals surface area (Å²) in [5.41, 5.74) is -0.880. The van der Waals surface area contributed by atoms with E-state index in [0.29, 0.717) is 19.2 Å². The zero-order chi connectivity index (χ0) is 17.2. The summed E-state index contributed by atoms with van der Waals surface area (Å²) in [5, 5.41) is 13.2. The minimum Gasteiger partial charge on any atom is -0.387 e. The Bertz CT molecular complexity index is 549. The highest BCUT2D eigenvalue weighted by atomic mass is 19.4. The standard InChI is InChI=1S/C17H23F3N2O2/c18-17(19,20)15-4-2-1-3-14(15)16(23)10-21-9-13-11-22(7-8-24-13)12-5-6-12/h1-4,12-13,16,21,23H,5-11H2/t13-,16+/m1/s1. The van der Waals surface area contributed by atoms with Crippen LogP contribution < -0.4 is 5.32 Å². The maximum atomic E-state index is 13.0.